The maximum atomic E-state index is 13.4. The summed E-state index contributed by atoms with van der Waals surface area (Å²) in [5.74, 6) is 0.440. The second kappa shape index (κ2) is 9.46. The van der Waals surface area contributed by atoms with Crippen molar-refractivity contribution in [1.82, 2.24) is 14.9 Å². The molecule has 2 aromatic rings. The van der Waals surface area contributed by atoms with Crippen molar-refractivity contribution in [2.24, 2.45) is 11.7 Å². The molecule has 0 bridgehead atoms. The Hall–Kier alpha value is -3.02. The first-order chi connectivity index (χ1) is 15.7. The molecule has 2 aliphatic rings. The van der Waals surface area contributed by atoms with E-state index >= 15 is 0 Å². The van der Waals surface area contributed by atoms with Crippen LogP contribution in [0.3, 0.4) is 0 Å². The highest BCUT2D eigenvalue weighted by Crippen LogP contribution is 2.37. The van der Waals surface area contributed by atoms with E-state index in [0.717, 1.165) is 17.8 Å². The summed E-state index contributed by atoms with van der Waals surface area (Å²) in [6.45, 7) is 0.919. The summed E-state index contributed by atoms with van der Waals surface area (Å²) in [6.07, 6.45) is -3.50. The van der Waals surface area contributed by atoms with Gasteiger partial charge in [0.1, 0.15) is 5.69 Å². The molecule has 2 aliphatic heterocycles. The molecule has 176 valence electrons. The van der Waals surface area contributed by atoms with Crippen LogP contribution < -0.4 is 15.2 Å². The lowest BCUT2D eigenvalue weighted by molar-refractivity contribution is -0.141. The molecule has 1 aromatic carbocycles. The van der Waals surface area contributed by atoms with Gasteiger partial charge in [-0.05, 0) is 37.1 Å². The number of halogens is 3. The zero-order valence-corrected chi connectivity index (χ0v) is 18.2. The number of alkyl halides is 3. The Balaban J connectivity index is 1.43. The average Bonchev–Trinajstić information content (AvgIpc) is 3.26. The van der Waals surface area contributed by atoms with Crippen molar-refractivity contribution >= 4 is 23.6 Å². The van der Waals surface area contributed by atoms with Crippen molar-refractivity contribution in [1.29, 1.82) is 0 Å². The maximum absolute atomic E-state index is 13.4. The second-order valence-electron chi connectivity index (χ2n) is 7.64. The maximum Gasteiger partial charge on any atom is 0.433 e. The van der Waals surface area contributed by atoms with E-state index in [1.54, 1.807) is 23.1 Å². The normalized spacial score (nSPS) is 16.2. The highest BCUT2D eigenvalue weighted by molar-refractivity contribution is 7.99. The van der Waals surface area contributed by atoms with Crippen LogP contribution in [0, 0.1) is 5.92 Å². The Kier molecular flexibility index (Phi) is 6.63. The lowest BCUT2D eigenvalue weighted by atomic mass is 9.96. The smallest absolute Gasteiger partial charge is 0.433 e. The Bertz CT molecular complexity index is 1060. The molecule has 0 unspecified atom stereocenters. The minimum atomic E-state index is -4.65. The summed E-state index contributed by atoms with van der Waals surface area (Å²) in [5, 5.41) is -0.0715. The van der Waals surface area contributed by atoms with Crippen molar-refractivity contribution in [3.8, 4) is 22.8 Å². The molecule has 1 aromatic heterocycles. The van der Waals surface area contributed by atoms with Crippen LogP contribution in [0.4, 0.5) is 13.2 Å². The Labute approximate surface area is 191 Å². The molecule has 0 atom stereocenters. The molecule has 1 fully saturated rings. The van der Waals surface area contributed by atoms with Crippen LogP contribution in [0.5, 0.6) is 11.5 Å². The number of aromatic nitrogens is 2. The number of rotatable bonds is 6. The van der Waals surface area contributed by atoms with Crippen LogP contribution in [0.15, 0.2) is 29.4 Å². The van der Waals surface area contributed by atoms with Crippen LogP contribution >= 0.6 is 11.8 Å². The van der Waals surface area contributed by atoms with E-state index < -0.39 is 11.9 Å². The summed E-state index contributed by atoms with van der Waals surface area (Å²) in [5.41, 5.74) is 4.77. The quantitative estimate of drug-likeness (QED) is 0.498. The van der Waals surface area contributed by atoms with Gasteiger partial charge in [0, 0.05) is 36.7 Å². The Morgan fingerprint density at radius 2 is 1.85 bits per heavy atom. The molecular weight excluding hydrogens is 461 g/mol. The summed E-state index contributed by atoms with van der Waals surface area (Å²) >= 11 is 0.983. The number of amides is 2. The van der Waals surface area contributed by atoms with Gasteiger partial charge < -0.3 is 20.1 Å². The number of likely N-dealkylation sites (tertiary alicyclic amines) is 1. The van der Waals surface area contributed by atoms with Crippen molar-refractivity contribution in [2.75, 3.05) is 25.6 Å². The van der Waals surface area contributed by atoms with Gasteiger partial charge >= 0.3 is 6.18 Å². The first-order valence-electron chi connectivity index (χ1n) is 10.3. The number of carbonyl (C=O) groups excluding carboxylic acids is 2. The molecule has 0 radical (unpaired) electrons. The number of benzene rings is 1. The predicted octanol–water partition coefficient (Wildman–Crippen LogP) is 3.10. The van der Waals surface area contributed by atoms with Gasteiger partial charge in [0.25, 0.3) is 0 Å². The van der Waals surface area contributed by atoms with Gasteiger partial charge in [-0.15, -0.1) is 0 Å². The number of ether oxygens (including phenoxy) is 2. The Morgan fingerprint density at radius 3 is 2.55 bits per heavy atom. The van der Waals surface area contributed by atoms with E-state index in [1.807, 2.05) is 0 Å². The lowest BCUT2D eigenvalue weighted by Gasteiger charge is -2.30. The van der Waals surface area contributed by atoms with E-state index in [1.165, 1.54) is 0 Å². The van der Waals surface area contributed by atoms with E-state index in [-0.39, 0.29) is 47.5 Å². The zero-order chi connectivity index (χ0) is 23.6. The van der Waals surface area contributed by atoms with Crippen molar-refractivity contribution in [3.05, 3.63) is 30.0 Å². The molecule has 0 saturated carbocycles. The largest absolute Gasteiger partial charge is 0.454 e. The molecule has 4 rings (SSSR count). The fraction of sp³-hybridized carbons (Fsp3) is 0.429. The molecule has 0 aliphatic carbocycles. The minimum Gasteiger partial charge on any atom is -0.454 e. The third kappa shape index (κ3) is 5.49. The number of hydrogen-bond acceptors (Lipinski definition) is 7. The Morgan fingerprint density at radius 1 is 1.12 bits per heavy atom. The van der Waals surface area contributed by atoms with Crippen LogP contribution in [-0.4, -0.2) is 52.3 Å². The third-order valence-electron chi connectivity index (χ3n) is 5.46. The van der Waals surface area contributed by atoms with E-state index in [9.17, 15) is 22.8 Å². The van der Waals surface area contributed by atoms with Crippen LogP contribution in [0.1, 0.15) is 25.0 Å². The number of nitrogens with two attached hydrogens (primary N) is 1. The SMILES string of the molecule is NC(=O)C1CCN(C(=O)CCSc2nc(-c3ccc4c(c3)OCO4)cc(C(F)(F)F)n2)CC1. The van der Waals surface area contributed by atoms with Crippen molar-refractivity contribution in [3.63, 3.8) is 0 Å². The number of hydrogen-bond donors (Lipinski definition) is 1. The van der Waals surface area contributed by atoms with Gasteiger partial charge in [-0.1, -0.05) is 11.8 Å². The molecule has 2 amide bonds. The number of carbonyl (C=O) groups is 2. The third-order valence-corrected chi connectivity index (χ3v) is 6.31. The van der Waals surface area contributed by atoms with Crippen molar-refractivity contribution in [2.45, 2.75) is 30.6 Å². The average molecular weight is 482 g/mol. The predicted molar refractivity (Wildman–Crippen MR) is 112 cm³/mol. The first-order valence-corrected chi connectivity index (χ1v) is 11.3. The van der Waals surface area contributed by atoms with Gasteiger partial charge in [0.2, 0.25) is 18.6 Å². The molecule has 33 heavy (non-hydrogen) atoms. The molecule has 3 heterocycles. The van der Waals surface area contributed by atoms with E-state index in [2.05, 4.69) is 9.97 Å². The summed E-state index contributed by atoms with van der Waals surface area (Å²) in [7, 11) is 0. The van der Waals surface area contributed by atoms with Crippen LogP contribution in [0.25, 0.3) is 11.3 Å². The van der Waals surface area contributed by atoms with Gasteiger partial charge in [0.15, 0.2) is 16.7 Å². The highest BCUT2D eigenvalue weighted by atomic mass is 32.2. The van der Waals surface area contributed by atoms with Crippen molar-refractivity contribution < 1.29 is 32.2 Å². The van der Waals surface area contributed by atoms with Crippen LogP contribution in [0.2, 0.25) is 0 Å². The van der Waals surface area contributed by atoms with Gasteiger partial charge in [-0.25, -0.2) is 9.97 Å². The number of thioether (sulfide) groups is 1. The highest BCUT2D eigenvalue weighted by Gasteiger charge is 2.34. The van der Waals surface area contributed by atoms with Gasteiger partial charge in [-0.2, -0.15) is 13.2 Å². The summed E-state index contributed by atoms with van der Waals surface area (Å²) in [6, 6.07) is 5.66. The number of nitrogens with zero attached hydrogens (tertiary/aromatic N) is 3. The fourth-order valence-electron chi connectivity index (χ4n) is 3.64. The van der Waals surface area contributed by atoms with Crippen LogP contribution in [-0.2, 0) is 15.8 Å². The monoisotopic (exact) mass is 482 g/mol. The number of piperidine rings is 1. The van der Waals surface area contributed by atoms with Gasteiger partial charge in [-0.3, -0.25) is 9.59 Å². The van der Waals surface area contributed by atoms with Gasteiger partial charge in [0.05, 0.1) is 5.69 Å². The molecule has 0 spiro atoms. The lowest BCUT2D eigenvalue weighted by Crippen LogP contribution is -2.41. The number of primary amides is 1. The number of fused-ring (bicyclic) bond motifs is 1. The minimum absolute atomic E-state index is 0.0473. The topological polar surface area (TPSA) is 108 Å². The second-order valence-corrected chi connectivity index (χ2v) is 8.70. The zero-order valence-electron chi connectivity index (χ0n) is 17.4. The standard InChI is InChI=1S/C21H21F3N4O4S/c22-21(23,24)17-10-14(13-1-2-15-16(9-13)32-11-31-15)26-20(27-17)33-8-5-18(29)28-6-3-12(4-7-28)19(25)30/h1-2,9-10,12H,3-8,11H2,(H2,25,30). The molecule has 12 heteroatoms. The van der Waals surface area contributed by atoms with E-state index in [0.29, 0.717) is 43.0 Å². The summed E-state index contributed by atoms with van der Waals surface area (Å²) in [4.78, 5) is 33.2. The molecule has 8 nitrogen and oxygen atoms in total. The first kappa shape index (κ1) is 23.1. The molecular formula is C21H21F3N4O4S. The molecule has 2 N–H and O–H groups in total. The fourth-order valence-corrected chi connectivity index (χ4v) is 4.42. The van der Waals surface area contributed by atoms with E-state index in [4.69, 9.17) is 15.2 Å². The molecule has 1 saturated heterocycles. The summed E-state index contributed by atoms with van der Waals surface area (Å²) < 4.78 is 50.8.